The number of alkyl halides is 2. The lowest BCUT2D eigenvalue weighted by atomic mass is 9.97. The van der Waals surface area contributed by atoms with Gasteiger partial charge in [-0.3, -0.25) is 0 Å². The van der Waals surface area contributed by atoms with Gasteiger partial charge in [0, 0.05) is 51.1 Å². The van der Waals surface area contributed by atoms with Crippen molar-refractivity contribution in [2.45, 2.75) is 12.8 Å². The number of fused-ring (bicyclic) bond motifs is 6. The van der Waals surface area contributed by atoms with Gasteiger partial charge in [-0.25, -0.2) is 8.78 Å². The second-order valence-corrected chi connectivity index (χ2v) is 12.5. The third-order valence-corrected chi connectivity index (χ3v) is 9.53. The van der Waals surface area contributed by atoms with Crippen molar-refractivity contribution in [1.29, 1.82) is 0 Å². The summed E-state index contributed by atoms with van der Waals surface area (Å²) in [6.45, 7) is 0.925. The Morgan fingerprint density at radius 2 is 0.854 bits per heavy atom. The fourth-order valence-corrected chi connectivity index (χ4v) is 7.20. The van der Waals surface area contributed by atoms with E-state index in [9.17, 15) is 8.78 Å². The van der Waals surface area contributed by atoms with E-state index in [0.29, 0.717) is 0 Å². The molecule has 9 aromatic rings. The zero-order valence-corrected chi connectivity index (χ0v) is 26.2. The number of anilines is 3. The Balaban J connectivity index is 1.07. The third-order valence-electron chi connectivity index (χ3n) is 9.53. The van der Waals surface area contributed by atoms with Crippen LogP contribution in [0.1, 0.15) is 12.5 Å². The van der Waals surface area contributed by atoms with Gasteiger partial charge in [0.25, 0.3) is 5.92 Å². The second kappa shape index (κ2) is 10.8. The molecular weight excluding hydrogens is 594 g/mol. The van der Waals surface area contributed by atoms with E-state index < -0.39 is 5.92 Å². The average Bonchev–Trinajstić information content (AvgIpc) is 3.64. The molecule has 2 heterocycles. The molecule has 0 N–H and O–H groups in total. The summed E-state index contributed by atoms with van der Waals surface area (Å²) in [6.07, 6.45) is 0. The van der Waals surface area contributed by atoms with Gasteiger partial charge in [0.05, 0.1) is 16.6 Å². The quantitative estimate of drug-likeness (QED) is 0.179. The molecule has 0 unspecified atom stereocenters. The van der Waals surface area contributed by atoms with Gasteiger partial charge in [0.1, 0.15) is 0 Å². The minimum Gasteiger partial charge on any atom is -0.311 e. The Morgan fingerprint density at radius 3 is 1.38 bits per heavy atom. The second-order valence-electron chi connectivity index (χ2n) is 12.5. The number of nitrogens with zero attached hydrogens (tertiary/aromatic N) is 2. The van der Waals surface area contributed by atoms with Gasteiger partial charge in [-0.2, -0.15) is 0 Å². The summed E-state index contributed by atoms with van der Waals surface area (Å²) in [5, 5.41) is 5.08. The van der Waals surface area contributed by atoms with Crippen LogP contribution in [0.3, 0.4) is 0 Å². The summed E-state index contributed by atoms with van der Waals surface area (Å²) in [5.41, 5.74) is 11.1. The summed E-state index contributed by atoms with van der Waals surface area (Å²) in [5.74, 6) is -2.89. The van der Waals surface area contributed by atoms with Crippen molar-refractivity contribution >= 4 is 55.2 Å². The van der Waals surface area contributed by atoms with E-state index in [1.165, 1.54) is 61.4 Å². The largest absolute Gasteiger partial charge is 0.311 e. The van der Waals surface area contributed by atoms with Gasteiger partial charge in [0.15, 0.2) is 0 Å². The Kier molecular flexibility index (Phi) is 6.34. The molecule has 0 amide bonds. The topological polar surface area (TPSA) is 7.65 Å². The van der Waals surface area contributed by atoms with E-state index in [4.69, 9.17) is 0 Å². The molecule has 0 saturated carbocycles. The molecule has 0 radical (unpaired) electrons. The maximum Gasteiger partial charge on any atom is 0.270 e. The fourth-order valence-electron chi connectivity index (χ4n) is 7.20. The molecule has 0 fully saturated rings. The van der Waals surface area contributed by atoms with Crippen LogP contribution in [0.25, 0.3) is 60.3 Å². The van der Waals surface area contributed by atoms with Crippen LogP contribution < -0.4 is 4.90 Å². The third kappa shape index (κ3) is 4.52. The first-order valence-electron chi connectivity index (χ1n) is 16.2. The van der Waals surface area contributed by atoms with Crippen LogP contribution in [0, 0.1) is 0 Å². The van der Waals surface area contributed by atoms with E-state index >= 15 is 0 Å². The van der Waals surface area contributed by atoms with Crippen LogP contribution in [-0.4, -0.2) is 4.40 Å². The Hall–Kier alpha value is -6.00. The molecule has 230 valence electrons. The first-order chi connectivity index (χ1) is 23.4. The Bertz CT molecular complexity index is 2480. The van der Waals surface area contributed by atoms with E-state index in [1.54, 1.807) is 12.1 Å². The normalized spacial score (nSPS) is 12.1. The molecule has 48 heavy (non-hydrogen) atoms. The van der Waals surface area contributed by atoms with Gasteiger partial charge >= 0.3 is 0 Å². The lowest BCUT2D eigenvalue weighted by Crippen LogP contribution is -2.11. The van der Waals surface area contributed by atoms with Gasteiger partial charge in [-0.05, 0) is 82.9 Å². The number of para-hydroxylation sites is 3. The fraction of sp³-hybridized carbons (Fsp3) is 0.0455. The van der Waals surface area contributed by atoms with Crippen molar-refractivity contribution in [3.63, 3.8) is 0 Å². The van der Waals surface area contributed by atoms with Crippen molar-refractivity contribution < 1.29 is 8.78 Å². The summed E-state index contributed by atoms with van der Waals surface area (Å²) < 4.78 is 30.3. The van der Waals surface area contributed by atoms with Gasteiger partial charge in [-0.1, -0.05) is 103 Å². The van der Waals surface area contributed by atoms with Crippen LogP contribution >= 0.6 is 0 Å². The molecule has 0 aliphatic carbocycles. The molecule has 4 heteroatoms. The Morgan fingerprint density at radius 1 is 0.438 bits per heavy atom. The zero-order valence-electron chi connectivity index (χ0n) is 26.2. The first-order valence-corrected chi connectivity index (χ1v) is 16.2. The highest BCUT2D eigenvalue weighted by atomic mass is 19.3. The van der Waals surface area contributed by atoms with Crippen molar-refractivity contribution in [2.24, 2.45) is 0 Å². The van der Waals surface area contributed by atoms with E-state index in [1.807, 2.05) is 30.3 Å². The average molecular weight is 625 g/mol. The minimum atomic E-state index is -2.89. The van der Waals surface area contributed by atoms with Crippen LogP contribution in [0.2, 0.25) is 0 Å². The van der Waals surface area contributed by atoms with Gasteiger partial charge in [0.2, 0.25) is 0 Å². The molecule has 9 rings (SSSR count). The van der Waals surface area contributed by atoms with Crippen LogP contribution in [-0.2, 0) is 5.92 Å². The standard InChI is InChI=1S/C44H30F2N2/c1-44(45,46)33-21-25-36(26-22-33)47(34-9-3-2-4-10-34)35-23-19-30(20-24-35)29-15-17-31(18-16-29)32-27-39-37-11-5-7-13-41(37)48-42-14-8-6-12-38(42)40(28-32)43(39)48/h2-28H,1H3. The van der Waals surface area contributed by atoms with Gasteiger partial charge < -0.3 is 9.30 Å². The number of halogens is 2. The van der Waals surface area contributed by atoms with Crippen LogP contribution in [0.5, 0.6) is 0 Å². The summed E-state index contributed by atoms with van der Waals surface area (Å²) >= 11 is 0. The van der Waals surface area contributed by atoms with Crippen molar-refractivity contribution in [1.82, 2.24) is 4.40 Å². The Labute approximate surface area is 277 Å². The lowest BCUT2D eigenvalue weighted by Gasteiger charge is -2.26. The molecular formula is C44H30F2N2. The number of benzene rings is 7. The molecule has 2 nitrogen and oxygen atoms in total. The smallest absolute Gasteiger partial charge is 0.270 e. The van der Waals surface area contributed by atoms with Crippen LogP contribution in [0.15, 0.2) is 164 Å². The highest BCUT2D eigenvalue weighted by Crippen LogP contribution is 2.42. The monoisotopic (exact) mass is 624 g/mol. The molecule has 0 bridgehead atoms. The molecule has 0 spiro atoms. The maximum absolute atomic E-state index is 13.9. The summed E-state index contributed by atoms with van der Waals surface area (Å²) in [7, 11) is 0. The highest BCUT2D eigenvalue weighted by molar-refractivity contribution is 6.24. The molecule has 0 atom stereocenters. The molecule has 0 aliphatic rings. The van der Waals surface area contributed by atoms with Crippen LogP contribution in [0.4, 0.5) is 25.8 Å². The number of rotatable bonds is 6. The minimum absolute atomic E-state index is 0.00139. The SMILES string of the molecule is CC(F)(F)c1ccc(N(c2ccccc2)c2ccc(-c3ccc(-c4cc5c6ccccc6n6c7ccccc7c(c4)c56)cc3)cc2)cc1. The first kappa shape index (κ1) is 28.2. The predicted octanol–water partition coefficient (Wildman–Crippen LogP) is 12.8. The summed E-state index contributed by atoms with van der Waals surface area (Å²) in [4.78, 5) is 2.08. The highest BCUT2D eigenvalue weighted by Gasteiger charge is 2.24. The van der Waals surface area contributed by atoms with Crippen molar-refractivity contribution in [2.75, 3.05) is 4.90 Å². The molecule has 7 aromatic carbocycles. The van der Waals surface area contributed by atoms with E-state index in [0.717, 1.165) is 35.1 Å². The van der Waals surface area contributed by atoms with Crippen molar-refractivity contribution in [3.05, 3.63) is 169 Å². The maximum atomic E-state index is 13.9. The van der Waals surface area contributed by atoms with Crippen molar-refractivity contribution in [3.8, 4) is 22.3 Å². The predicted molar refractivity (Wildman–Crippen MR) is 196 cm³/mol. The van der Waals surface area contributed by atoms with Gasteiger partial charge in [-0.15, -0.1) is 0 Å². The molecule has 0 aliphatic heterocycles. The van der Waals surface area contributed by atoms with E-state index in [2.05, 4.69) is 118 Å². The summed E-state index contributed by atoms with van der Waals surface area (Å²) in [6, 6.07) is 55.7. The molecule has 2 aromatic heterocycles. The lowest BCUT2D eigenvalue weighted by molar-refractivity contribution is 0.0175. The number of hydrogen-bond donors (Lipinski definition) is 0. The number of aromatic nitrogens is 1. The van der Waals surface area contributed by atoms with E-state index in [-0.39, 0.29) is 5.56 Å². The zero-order chi connectivity index (χ0) is 32.4. The number of hydrogen-bond acceptors (Lipinski definition) is 1. The molecule has 0 saturated heterocycles.